The summed E-state index contributed by atoms with van der Waals surface area (Å²) in [6, 6.07) is 8.84. The highest BCUT2D eigenvalue weighted by molar-refractivity contribution is 5.98. The Bertz CT molecular complexity index is 895. The maximum absolute atomic E-state index is 12.5. The van der Waals surface area contributed by atoms with Gasteiger partial charge in [-0.15, -0.1) is 0 Å². The van der Waals surface area contributed by atoms with Gasteiger partial charge in [-0.1, -0.05) is 0 Å². The third kappa shape index (κ3) is 3.72. The van der Waals surface area contributed by atoms with Gasteiger partial charge in [0.25, 0.3) is 5.91 Å². The summed E-state index contributed by atoms with van der Waals surface area (Å²) >= 11 is 0. The number of urea groups is 1. The molecule has 0 spiro atoms. The van der Waals surface area contributed by atoms with Gasteiger partial charge in [-0.25, -0.2) is 4.79 Å². The molecule has 2 aromatic rings. The van der Waals surface area contributed by atoms with Crippen LogP contribution in [0, 0.1) is 12.8 Å². The van der Waals surface area contributed by atoms with Gasteiger partial charge in [-0.3, -0.25) is 9.78 Å². The van der Waals surface area contributed by atoms with Crippen molar-refractivity contribution in [3.8, 4) is 5.75 Å². The van der Waals surface area contributed by atoms with Crippen molar-refractivity contribution in [1.29, 1.82) is 0 Å². The zero-order chi connectivity index (χ0) is 19.0. The van der Waals surface area contributed by atoms with Crippen LogP contribution in [0.5, 0.6) is 5.75 Å². The van der Waals surface area contributed by atoms with E-state index in [0.717, 1.165) is 24.1 Å². The number of rotatable bonds is 4. The Morgan fingerprint density at radius 1 is 1.30 bits per heavy atom. The van der Waals surface area contributed by atoms with Crippen molar-refractivity contribution < 1.29 is 14.3 Å². The van der Waals surface area contributed by atoms with Gasteiger partial charge in [0.2, 0.25) is 0 Å². The molecule has 4 rings (SSSR count). The lowest BCUT2D eigenvalue weighted by Crippen LogP contribution is -2.36. The van der Waals surface area contributed by atoms with E-state index in [1.807, 2.05) is 19.1 Å². The molecule has 2 heterocycles. The van der Waals surface area contributed by atoms with Crippen molar-refractivity contribution in [2.75, 3.05) is 23.9 Å². The highest BCUT2D eigenvalue weighted by atomic mass is 16.5. The molecule has 1 fully saturated rings. The number of aromatic nitrogens is 1. The Morgan fingerprint density at radius 2 is 2.11 bits per heavy atom. The average molecular weight is 366 g/mol. The Morgan fingerprint density at radius 3 is 2.85 bits per heavy atom. The van der Waals surface area contributed by atoms with E-state index in [9.17, 15) is 9.59 Å². The molecule has 7 nitrogen and oxygen atoms in total. The molecule has 1 aromatic heterocycles. The summed E-state index contributed by atoms with van der Waals surface area (Å²) in [6.45, 7) is 2.02. The second-order valence-electron chi connectivity index (χ2n) is 7.10. The van der Waals surface area contributed by atoms with Crippen molar-refractivity contribution in [3.05, 3.63) is 47.8 Å². The minimum Gasteiger partial charge on any atom is -0.481 e. The number of amides is 3. The Balaban J connectivity index is 1.46. The van der Waals surface area contributed by atoms with E-state index >= 15 is 0 Å². The lowest BCUT2D eigenvalue weighted by Gasteiger charge is -2.26. The van der Waals surface area contributed by atoms with Gasteiger partial charge in [0, 0.05) is 25.0 Å². The molecule has 1 aliphatic carbocycles. The molecule has 2 N–H and O–H groups in total. The molecule has 0 unspecified atom stereocenters. The molecule has 2 aliphatic rings. The third-order valence-electron chi connectivity index (χ3n) is 4.94. The van der Waals surface area contributed by atoms with Crippen molar-refractivity contribution in [3.63, 3.8) is 0 Å². The van der Waals surface area contributed by atoms with Gasteiger partial charge in [-0.2, -0.15) is 0 Å². The Hall–Kier alpha value is -3.09. The zero-order valence-electron chi connectivity index (χ0n) is 15.4. The largest absolute Gasteiger partial charge is 0.481 e. The van der Waals surface area contributed by atoms with Crippen LogP contribution in [0.1, 0.15) is 30.1 Å². The molecule has 1 saturated carbocycles. The number of hydrogen-bond acceptors (Lipinski definition) is 4. The highest BCUT2D eigenvalue weighted by Crippen LogP contribution is 2.40. The topological polar surface area (TPSA) is 83.6 Å². The lowest BCUT2D eigenvalue weighted by molar-refractivity contribution is -0.120. The summed E-state index contributed by atoms with van der Waals surface area (Å²) < 4.78 is 5.47. The van der Waals surface area contributed by atoms with Gasteiger partial charge in [-0.05, 0) is 55.5 Å². The first-order chi connectivity index (χ1) is 13.0. The van der Waals surface area contributed by atoms with E-state index < -0.39 is 0 Å². The number of benzene rings is 1. The fraction of sp³-hybridized carbons (Fsp3) is 0.350. The maximum atomic E-state index is 12.5. The molecule has 140 valence electrons. The standard InChI is InChI=1S/C20H22N4O3/c1-12-7-8-21-15(9-12)19(13-3-4-13)23-20(26)22-14-5-6-16-17(10-14)27-11-18(25)24(16)2/h5-10,13,19H,3-4,11H2,1-2H3,(H2,22,23,26)/t19-/m1/s1. The fourth-order valence-electron chi connectivity index (χ4n) is 3.26. The fourth-order valence-corrected chi connectivity index (χ4v) is 3.26. The van der Waals surface area contributed by atoms with E-state index in [1.54, 1.807) is 36.3 Å². The summed E-state index contributed by atoms with van der Waals surface area (Å²) in [5, 5.41) is 5.90. The number of fused-ring (bicyclic) bond motifs is 1. The van der Waals surface area contributed by atoms with Crippen LogP contribution in [0.2, 0.25) is 0 Å². The minimum atomic E-state index is -0.282. The quantitative estimate of drug-likeness (QED) is 0.871. The molecule has 3 amide bonds. The van der Waals surface area contributed by atoms with E-state index in [1.165, 1.54) is 0 Å². The maximum Gasteiger partial charge on any atom is 0.319 e. The Kier molecular flexibility index (Phi) is 4.43. The van der Waals surface area contributed by atoms with Gasteiger partial charge < -0.3 is 20.3 Å². The van der Waals surface area contributed by atoms with Gasteiger partial charge in [0.1, 0.15) is 5.75 Å². The number of ether oxygens (including phenoxy) is 1. The van der Waals surface area contributed by atoms with Crippen LogP contribution in [-0.4, -0.2) is 30.6 Å². The number of carbonyl (C=O) groups excluding carboxylic acids is 2. The molecule has 0 saturated heterocycles. The molecular formula is C20H22N4O3. The van der Waals surface area contributed by atoms with E-state index in [2.05, 4.69) is 15.6 Å². The summed E-state index contributed by atoms with van der Waals surface area (Å²) in [7, 11) is 1.71. The summed E-state index contributed by atoms with van der Waals surface area (Å²) in [6.07, 6.45) is 3.96. The number of carbonyl (C=O) groups is 2. The second-order valence-corrected chi connectivity index (χ2v) is 7.10. The highest BCUT2D eigenvalue weighted by Gasteiger charge is 2.34. The molecule has 0 radical (unpaired) electrons. The number of likely N-dealkylation sites (N-methyl/N-ethyl adjacent to an activating group) is 1. The van der Waals surface area contributed by atoms with E-state index in [4.69, 9.17) is 4.74 Å². The van der Waals surface area contributed by atoms with Gasteiger partial charge >= 0.3 is 6.03 Å². The monoisotopic (exact) mass is 366 g/mol. The van der Waals surface area contributed by atoms with Crippen molar-refractivity contribution in [2.45, 2.75) is 25.8 Å². The number of hydrogen-bond donors (Lipinski definition) is 2. The van der Waals surface area contributed by atoms with E-state index in [0.29, 0.717) is 23.0 Å². The molecular weight excluding hydrogens is 344 g/mol. The van der Waals surface area contributed by atoms with Crippen molar-refractivity contribution in [1.82, 2.24) is 10.3 Å². The third-order valence-corrected chi connectivity index (χ3v) is 4.94. The summed E-state index contributed by atoms with van der Waals surface area (Å²) in [5.41, 5.74) is 3.32. The van der Waals surface area contributed by atoms with Gasteiger partial charge in [0.05, 0.1) is 17.4 Å². The molecule has 1 aliphatic heterocycles. The SMILES string of the molecule is Cc1ccnc([C@H](NC(=O)Nc2ccc3c(c2)OCC(=O)N3C)C2CC2)c1. The van der Waals surface area contributed by atoms with Crippen LogP contribution in [0.4, 0.5) is 16.2 Å². The molecule has 7 heteroatoms. The number of pyridine rings is 1. The Labute approximate surface area is 157 Å². The number of nitrogens with zero attached hydrogens (tertiary/aromatic N) is 2. The summed E-state index contributed by atoms with van der Waals surface area (Å²) in [4.78, 5) is 30.2. The number of anilines is 2. The molecule has 1 aromatic carbocycles. The van der Waals surface area contributed by atoms with Crippen LogP contribution in [-0.2, 0) is 4.79 Å². The first kappa shape index (κ1) is 17.3. The molecule has 1 atom stereocenters. The molecule has 0 bridgehead atoms. The average Bonchev–Trinajstić information content (AvgIpc) is 3.48. The first-order valence-corrected chi connectivity index (χ1v) is 9.05. The molecule has 27 heavy (non-hydrogen) atoms. The van der Waals surface area contributed by atoms with Crippen LogP contribution in [0.25, 0.3) is 0 Å². The van der Waals surface area contributed by atoms with Crippen molar-refractivity contribution in [2.24, 2.45) is 5.92 Å². The zero-order valence-corrected chi connectivity index (χ0v) is 15.4. The second kappa shape index (κ2) is 6.90. The van der Waals surface area contributed by atoms with Gasteiger partial charge in [0.15, 0.2) is 6.61 Å². The number of nitrogens with one attached hydrogen (secondary N) is 2. The van der Waals surface area contributed by atoms with Crippen LogP contribution < -0.4 is 20.3 Å². The normalized spacial score (nSPS) is 17.0. The summed E-state index contributed by atoms with van der Waals surface area (Å²) in [5.74, 6) is 0.907. The predicted molar refractivity (Wildman–Crippen MR) is 102 cm³/mol. The lowest BCUT2D eigenvalue weighted by atomic mass is 10.1. The predicted octanol–water partition coefficient (Wildman–Crippen LogP) is 3.02. The minimum absolute atomic E-state index is 0.00192. The van der Waals surface area contributed by atoms with E-state index in [-0.39, 0.29) is 24.6 Å². The van der Waals surface area contributed by atoms with Crippen LogP contribution in [0.15, 0.2) is 36.5 Å². The number of aryl methyl sites for hydroxylation is 1. The smallest absolute Gasteiger partial charge is 0.319 e. The van der Waals surface area contributed by atoms with Crippen LogP contribution in [0.3, 0.4) is 0 Å². The van der Waals surface area contributed by atoms with Crippen molar-refractivity contribution >= 4 is 23.3 Å². The first-order valence-electron chi connectivity index (χ1n) is 9.05. The van der Waals surface area contributed by atoms with Crippen LogP contribution >= 0.6 is 0 Å².